The summed E-state index contributed by atoms with van der Waals surface area (Å²) in [5, 5.41) is 0. The van der Waals surface area contributed by atoms with E-state index in [0.29, 0.717) is 0 Å². The van der Waals surface area contributed by atoms with Crippen LogP contribution < -0.4 is 0 Å². The molecule has 2 unspecified atom stereocenters. The summed E-state index contributed by atoms with van der Waals surface area (Å²) < 4.78 is 29.4. The van der Waals surface area contributed by atoms with Crippen molar-refractivity contribution in [1.29, 1.82) is 0 Å². The second-order valence-electron chi connectivity index (χ2n) is 2.87. The minimum absolute atomic E-state index is 0.149. The van der Waals surface area contributed by atoms with Gasteiger partial charge in [-0.1, -0.05) is 6.92 Å². The summed E-state index contributed by atoms with van der Waals surface area (Å²) in [5.41, 5.74) is 0. The van der Waals surface area contributed by atoms with Gasteiger partial charge in [0.2, 0.25) is 0 Å². The second kappa shape index (κ2) is 2.43. The van der Waals surface area contributed by atoms with Gasteiger partial charge < -0.3 is 4.74 Å². The summed E-state index contributed by atoms with van der Waals surface area (Å²) >= 11 is 0. The van der Waals surface area contributed by atoms with Gasteiger partial charge in [-0.3, -0.25) is 4.79 Å². The molecule has 0 bridgehead atoms. The van der Waals surface area contributed by atoms with E-state index < -0.39 is 23.7 Å². The van der Waals surface area contributed by atoms with Gasteiger partial charge >= 0.3 is 5.97 Å². The van der Waals surface area contributed by atoms with Crippen molar-refractivity contribution in [3.63, 3.8) is 0 Å². The van der Waals surface area contributed by atoms with Crippen molar-refractivity contribution >= 4 is 5.97 Å². The van der Waals surface area contributed by atoms with Crippen LogP contribution in [-0.2, 0) is 9.53 Å². The van der Waals surface area contributed by atoms with E-state index in [1.807, 2.05) is 0 Å². The zero-order chi connectivity index (χ0) is 8.65. The number of esters is 1. The van der Waals surface area contributed by atoms with Crippen LogP contribution in [-0.4, -0.2) is 18.5 Å². The van der Waals surface area contributed by atoms with Gasteiger partial charge in [-0.05, 0) is 0 Å². The maximum Gasteiger partial charge on any atom is 0.302 e. The van der Waals surface area contributed by atoms with Crippen molar-refractivity contribution < 1.29 is 18.3 Å². The first-order chi connectivity index (χ1) is 4.96. The van der Waals surface area contributed by atoms with Crippen molar-refractivity contribution in [1.82, 2.24) is 0 Å². The SMILES string of the molecule is CC(=O)OCC1C(C)C1(F)F. The lowest BCUT2D eigenvalue weighted by Gasteiger charge is -1.98. The smallest absolute Gasteiger partial charge is 0.302 e. The first kappa shape index (κ1) is 8.43. The summed E-state index contributed by atoms with van der Waals surface area (Å²) in [6.45, 7) is 2.52. The van der Waals surface area contributed by atoms with Gasteiger partial charge in [0.05, 0.1) is 5.92 Å². The summed E-state index contributed by atoms with van der Waals surface area (Å²) in [6.07, 6.45) is 0. The average molecular weight is 164 g/mol. The second-order valence-corrected chi connectivity index (χ2v) is 2.87. The van der Waals surface area contributed by atoms with Crippen molar-refractivity contribution in [2.24, 2.45) is 11.8 Å². The lowest BCUT2D eigenvalue weighted by molar-refractivity contribution is -0.142. The van der Waals surface area contributed by atoms with E-state index in [4.69, 9.17) is 0 Å². The van der Waals surface area contributed by atoms with Crippen molar-refractivity contribution in [2.45, 2.75) is 19.8 Å². The van der Waals surface area contributed by atoms with Crippen LogP contribution in [0.1, 0.15) is 13.8 Å². The molecule has 2 atom stereocenters. The third kappa shape index (κ3) is 1.49. The Balaban J connectivity index is 2.27. The van der Waals surface area contributed by atoms with Crippen LogP contribution >= 0.6 is 0 Å². The summed E-state index contributed by atoms with van der Waals surface area (Å²) in [7, 11) is 0. The lowest BCUT2D eigenvalue weighted by Crippen LogP contribution is -2.06. The molecule has 0 radical (unpaired) electrons. The zero-order valence-electron chi connectivity index (χ0n) is 6.43. The van der Waals surface area contributed by atoms with Gasteiger partial charge in [0.25, 0.3) is 5.92 Å². The lowest BCUT2D eigenvalue weighted by atomic mass is 10.4. The first-order valence-corrected chi connectivity index (χ1v) is 3.47. The van der Waals surface area contributed by atoms with Gasteiger partial charge in [-0.2, -0.15) is 0 Å². The highest BCUT2D eigenvalue weighted by molar-refractivity contribution is 5.65. The highest BCUT2D eigenvalue weighted by Gasteiger charge is 2.65. The van der Waals surface area contributed by atoms with Crippen molar-refractivity contribution in [2.75, 3.05) is 6.61 Å². The molecular formula is C7H10F2O2. The van der Waals surface area contributed by atoms with Gasteiger partial charge in [0, 0.05) is 12.8 Å². The highest BCUT2D eigenvalue weighted by Crippen LogP contribution is 2.54. The number of carbonyl (C=O) groups is 1. The normalized spacial score (nSPS) is 33.1. The molecule has 4 heteroatoms. The zero-order valence-corrected chi connectivity index (χ0v) is 6.43. The monoisotopic (exact) mass is 164 g/mol. The minimum Gasteiger partial charge on any atom is -0.465 e. The van der Waals surface area contributed by atoms with Gasteiger partial charge in [0.1, 0.15) is 6.61 Å². The van der Waals surface area contributed by atoms with Crippen LogP contribution in [0, 0.1) is 11.8 Å². The fraction of sp³-hybridized carbons (Fsp3) is 0.857. The Morgan fingerprint density at radius 2 is 2.09 bits per heavy atom. The molecule has 0 amide bonds. The van der Waals surface area contributed by atoms with Gasteiger partial charge in [-0.15, -0.1) is 0 Å². The number of ether oxygens (including phenoxy) is 1. The number of hydrogen-bond donors (Lipinski definition) is 0. The third-order valence-electron chi connectivity index (χ3n) is 2.06. The number of hydrogen-bond acceptors (Lipinski definition) is 2. The molecule has 0 saturated heterocycles. The van der Waals surface area contributed by atoms with Gasteiger partial charge in [0.15, 0.2) is 0 Å². The highest BCUT2D eigenvalue weighted by atomic mass is 19.3. The topological polar surface area (TPSA) is 26.3 Å². The van der Waals surface area contributed by atoms with E-state index >= 15 is 0 Å². The Hall–Kier alpha value is -0.670. The van der Waals surface area contributed by atoms with E-state index in [-0.39, 0.29) is 6.61 Å². The Labute approximate surface area is 63.5 Å². The van der Waals surface area contributed by atoms with Crippen LogP contribution in [0.15, 0.2) is 0 Å². The van der Waals surface area contributed by atoms with Crippen LogP contribution in [0.5, 0.6) is 0 Å². The van der Waals surface area contributed by atoms with Crippen molar-refractivity contribution in [3.05, 3.63) is 0 Å². The molecule has 0 spiro atoms. The largest absolute Gasteiger partial charge is 0.465 e. The average Bonchev–Trinajstić information content (AvgIpc) is 2.30. The molecular weight excluding hydrogens is 154 g/mol. The van der Waals surface area contributed by atoms with Crippen molar-refractivity contribution in [3.8, 4) is 0 Å². The molecule has 1 aliphatic carbocycles. The molecule has 1 rings (SSSR count). The minimum atomic E-state index is -2.62. The maximum atomic E-state index is 12.4. The molecule has 0 aliphatic heterocycles. The Morgan fingerprint density at radius 3 is 2.36 bits per heavy atom. The van der Waals surface area contributed by atoms with Crippen LogP contribution in [0.2, 0.25) is 0 Å². The fourth-order valence-electron chi connectivity index (χ4n) is 1.02. The summed E-state index contributed by atoms with van der Waals surface area (Å²) in [5.74, 6) is -4.51. The molecule has 0 heterocycles. The van der Waals surface area contributed by atoms with Crippen LogP contribution in [0.25, 0.3) is 0 Å². The molecule has 0 aromatic carbocycles. The molecule has 0 aromatic heterocycles. The van der Waals surface area contributed by atoms with E-state index in [9.17, 15) is 13.6 Å². The molecule has 1 aliphatic rings. The Kier molecular flexibility index (Phi) is 1.86. The van der Waals surface area contributed by atoms with E-state index in [1.165, 1.54) is 13.8 Å². The molecule has 1 saturated carbocycles. The molecule has 11 heavy (non-hydrogen) atoms. The predicted octanol–water partition coefficient (Wildman–Crippen LogP) is 1.45. The predicted molar refractivity (Wildman–Crippen MR) is 34.2 cm³/mol. The number of carbonyl (C=O) groups excluding carboxylic acids is 1. The molecule has 0 aromatic rings. The van der Waals surface area contributed by atoms with E-state index in [0.717, 1.165) is 0 Å². The Bertz CT molecular complexity index is 179. The molecule has 0 N–H and O–H groups in total. The first-order valence-electron chi connectivity index (χ1n) is 3.47. The third-order valence-corrected chi connectivity index (χ3v) is 2.06. The quantitative estimate of drug-likeness (QED) is 0.577. The summed E-state index contributed by atoms with van der Waals surface area (Å²) in [4.78, 5) is 10.2. The summed E-state index contributed by atoms with van der Waals surface area (Å²) in [6, 6.07) is 0. The molecule has 2 nitrogen and oxygen atoms in total. The Morgan fingerprint density at radius 1 is 1.64 bits per heavy atom. The maximum absolute atomic E-state index is 12.4. The standard InChI is InChI=1S/C7H10F2O2/c1-4-6(7(4,8)9)3-11-5(2)10/h4,6H,3H2,1-2H3. The molecule has 64 valence electrons. The van der Waals surface area contributed by atoms with Crippen LogP contribution in [0.3, 0.4) is 0 Å². The number of rotatable bonds is 2. The van der Waals surface area contributed by atoms with Crippen LogP contribution in [0.4, 0.5) is 8.78 Å². The van der Waals surface area contributed by atoms with E-state index in [2.05, 4.69) is 4.74 Å². The number of halogens is 2. The van der Waals surface area contributed by atoms with Gasteiger partial charge in [-0.25, -0.2) is 8.78 Å². The van der Waals surface area contributed by atoms with E-state index in [1.54, 1.807) is 0 Å². The molecule has 1 fully saturated rings. The number of alkyl halides is 2. The fourth-order valence-corrected chi connectivity index (χ4v) is 1.02.